The van der Waals surface area contributed by atoms with E-state index in [2.05, 4.69) is 16.8 Å². The number of hydrogen-bond donors (Lipinski definition) is 2. The van der Waals surface area contributed by atoms with Gasteiger partial charge in [-0.3, -0.25) is 0 Å². The van der Waals surface area contributed by atoms with Crippen molar-refractivity contribution in [3.8, 4) is 0 Å². The van der Waals surface area contributed by atoms with Gasteiger partial charge in [-0.05, 0) is 18.2 Å². The maximum Gasteiger partial charge on any atom is 0.335 e. The SMILES string of the molecule is Nc1ccc(C(=O)O)cc1N=S. The number of rotatable bonds is 2. The molecule has 0 atom stereocenters. The zero-order valence-electron chi connectivity index (χ0n) is 6.02. The molecule has 4 nitrogen and oxygen atoms in total. The highest BCUT2D eigenvalue weighted by molar-refractivity contribution is 7.47. The molecule has 0 amide bonds. The summed E-state index contributed by atoms with van der Waals surface area (Å²) in [6.45, 7) is 0. The molecule has 0 saturated carbocycles. The van der Waals surface area contributed by atoms with Gasteiger partial charge in [-0.25, -0.2) is 4.79 Å². The van der Waals surface area contributed by atoms with Gasteiger partial charge in [0.2, 0.25) is 0 Å². The molecule has 0 spiro atoms. The van der Waals surface area contributed by atoms with Gasteiger partial charge in [-0.15, -0.1) is 0 Å². The first kappa shape index (κ1) is 8.61. The van der Waals surface area contributed by atoms with Crippen LogP contribution < -0.4 is 5.73 Å². The summed E-state index contributed by atoms with van der Waals surface area (Å²) in [5.74, 6) is -1.02. The van der Waals surface area contributed by atoms with Gasteiger partial charge in [-0.2, -0.15) is 4.36 Å². The lowest BCUT2D eigenvalue weighted by atomic mass is 10.2. The van der Waals surface area contributed by atoms with Crippen LogP contribution in [0.4, 0.5) is 11.4 Å². The highest BCUT2D eigenvalue weighted by Crippen LogP contribution is 2.22. The fraction of sp³-hybridized carbons (Fsp3) is 0. The van der Waals surface area contributed by atoms with E-state index in [4.69, 9.17) is 10.8 Å². The average Bonchev–Trinajstić information content (AvgIpc) is 2.05. The molecule has 0 aliphatic heterocycles. The molecular formula is C7H6N2O2S. The van der Waals surface area contributed by atoms with E-state index >= 15 is 0 Å². The number of nitrogens with two attached hydrogens (primary N) is 1. The minimum absolute atomic E-state index is 0.132. The Morgan fingerprint density at radius 1 is 1.58 bits per heavy atom. The summed E-state index contributed by atoms with van der Waals surface area (Å²) in [4.78, 5) is 10.5. The molecule has 0 aliphatic rings. The van der Waals surface area contributed by atoms with E-state index in [0.29, 0.717) is 11.4 Å². The van der Waals surface area contributed by atoms with Crippen molar-refractivity contribution in [2.45, 2.75) is 0 Å². The Bertz CT molecular complexity index is 338. The molecule has 0 fully saturated rings. The van der Waals surface area contributed by atoms with Crippen LogP contribution in [0.15, 0.2) is 22.6 Å². The highest BCUT2D eigenvalue weighted by Gasteiger charge is 2.04. The molecule has 0 aliphatic carbocycles. The third-order valence-electron chi connectivity index (χ3n) is 1.38. The van der Waals surface area contributed by atoms with Crippen LogP contribution in [0.2, 0.25) is 0 Å². The van der Waals surface area contributed by atoms with Crippen LogP contribution in [0.5, 0.6) is 0 Å². The molecular weight excluding hydrogens is 176 g/mol. The van der Waals surface area contributed by atoms with Crippen molar-refractivity contribution in [1.29, 1.82) is 0 Å². The highest BCUT2D eigenvalue weighted by atomic mass is 32.1. The maximum atomic E-state index is 10.5. The maximum absolute atomic E-state index is 10.5. The average molecular weight is 182 g/mol. The zero-order chi connectivity index (χ0) is 9.14. The van der Waals surface area contributed by atoms with Crippen LogP contribution in [-0.4, -0.2) is 11.1 Å². The third kappa shape index (κ3) is 1.57. The second kappa shape index (κ2) is 3.27. The topological polar surface area (TPSA) is 75.7 Å². The Balaban J connectivity index is 3.22. The number of nitrogens with zero attached hydrogens (tertiary/aromatic N) is 1. The predicted octanol–water partition coefficient (Wildman–Crippen LogP) is 1.33. The number of anilines is 1. The van der Waals surface area contributed by atoms with Crippen LogP contribution >= 0.6 is 0 Å². The van der Waals surface area contributed by atoms with E-state index in [1.165, 1.54) is 18.2 Å². The van der Waals surface area contributed by atoms with Gasteiger partial charge in [0.15, 0.2) is 0 Å². The van der Waals surface area contributed by atoms with E-state index in [9.17, 15) is 4.79 Å². The summed E-state index contributed by atoms with van der Waals surface area (Å²) in [6.07, 6.45) is 0. The summed E-state index contributed by atoms with van der Waals surface area (Å²) in [6, 6.07) is 4.21. The zero-order valence-corrected chi connectivity index (χ0v) is 6.84. The number of nitrogen functional groups attached to an aromatic ring is 1. The largest absolute Gasteiger partial charge is 0.478 e. The number of hydrogen-bond acceptors (Lipinski definition) is 4. The molecule has 0 bridgehead atoms. The second-order valence-corrected chi connectivity index (χ2v) is 2.35. The van der Waals surface area contributed by atoms with Crippen LogP contribution in [0.3, 0.4) is 0 Å². The molecule has 0 heterocycles. The van der Waals surface area contributed by atoms with Crippen LogP contribution in [0, 0.1) is 0 Å². The Kier molecular flexibility index (Phi) is 2.35. The number of carboxylic acid groups (broad SMARTS) is 1. The van der Waals surface area contributed by atoms with Crippen molar-refractivity contribution >= 4 is 29.8 Å². The Morgan fingerprint density at radius 3 is 2.75 bits per heavy atom. The normalized spacial score (nSPS) is 9.33. The molecule has 1 aromatic carbocycles. The van der Waals surface area contributed by atoms with Crippen molar-refractivity contribution in [3.63, 3.8) is 0 Å². The molecule has 12 heavy (non-hydrogen) atoms. The van der Waals surface area contributed by atoms with E-state index < -0.39 is 5.97 Å². The minimum atomic E-state index is -1.02. The van der Waals surface area contributed by atoms with Crippen molar-refractivity contribution < 1.29 is 9.90 Å². The van der Waals surface area contributed by atoms with Crippen LogP contribution in [-0.2, 0) is 12.4 Å². The van der Waals surface area contributed by atoms with E-state index in [0.717, 1.165) is 0 Å². The van der Waals surface area contributed by atoms with Gasteiger partial charge in [0.05, 0.1) is 11.3 Å². The van der Waals surface area contributed by atoms with E-state index in [1.54, 1.807) is 0 Å². The third-order valence-corrected chi connectivity index (χ3v) is 1.57. The molecule has 0 saturated heterocycles. The predicted molar refractivity (Wildman–Crippen MR) is 47.3 cm³/mol. The van der Waals surface area contributed by atoms with Gasteiger partial charge in [0, 0.05) is 12.4 Å². The van der Waals surface area contributed by atoms with Gasteiger partial charge < -0.3 is 10.8 Å². The summed E-state index contributed by atoms with van der Waals surface area (Å²) < 4.78 is 3.41. The monoisotopic (exact) mass is 182 g/mol. The van der Waals surface area contributed by atoms with Crippen LogP contribution in [0.25, 0.3) is 0 Å². The second-order valence-electron chi connectivity index (χ2n) is 2.17. The number of benzene rings is 1. The van der Waals surface area contributed by atoms with Crippen molar-refractivity contribution in [2.75, 3.05) is 5.73 Å². The Hall–Kier alpha value is -1.49. The molecule has 3 N–H and O–H groups in total. The molecule has 0 unspecified atom stereocenters. The molecule has 5 heteroatoms. The lowest BCUT2D eigenvalue weighted by Gasteiger charge is -1.98. The molecule has 1 rings (SSSR count). The van der Waals surface area contributed by atoms with Gasteiger partial charge >= 0.3 is 5.97 Å². The first-order valence-electron chi connectivity index (χ1n) is 3.11. The number of aromatic carboxylic acids is 1. The summed E-state index contributed by atoms with van der Waals surface area (Å²) >= 11 is 4.40. The summed E-state index contributed by atoms with van der Waals surface area (Å²) in [5, 5.41) is 8.58. The smallest absolute Gasteiger partial charge is 0.335 e. The lowest BCUT2D eigenvalue weighted by molar-refractivity contribution is 0.0697. The number of carbonyl (C=O) groups is 1. The van der Waals surface area contributed by atoms with Crippen LogP contribution in [0.1, 0.15) is 10.4 Å². The van der Waals surface area contributed by atoms with Gasteiger partial charge in [0.1, 0.15) is 5.69 Å². The van der Waals surface area contributed by atoms with E-state index in [1.807, 2.05) is 0 Å². The fourth-order valence-corrected chi connectivity index (χ4v) is 0.914. The van der Waals surface area contributed by atoms with Gasteiger partial charge in [0.25, 0.3) is 0 Å². The minimum Gasteiger partial charge on any atom is -0.478 e. The lowest BCUT2D eigenvalue weighted by Crippen LogP contribution is -1.96. The molecule has 0 aromatic heterocycles. The Morgan fingerprint density at radius 2 is 2.25 bits per heavy atom. The standard InChI is InChI=1S/C7H6N2O2S/c8-5-2-1-4(7(10)11)3-6(5)9-12/h1-3H,8H2,(H,10,11). The van der Waals surface area contributed by atoms with Gasteiger partial charge in [-0.1, -0.05) is 0 Å². The molecule has 1 aromatic rings. The van der Waals surface area contributed by atoms with Crippen molar-refractivity contribution in [1.82, 2.24) is 0 Å². The first-order chi connectivity index (χ1) is 5.65. The molecule has 0 radical (unpaired) electrons. The van der Waals surface area contributed by atoms with Crippen molar-refractivity contribution in [3.05, 3.63) is 23.8 Å². The molecule has 62 valence electrons. The van der Waals surface area contributed by atoms with E-state index in [-0.39, 0.29) is 5.56 Å². The summed E-state index contributed by atoms with van der Waals surface area (Å²) in [7, 11) is 0. The fourth-order valence-electron chi connectivity index (χ4n) is 0.756. The first-order valence-corrected chi connectivity index (χ1v) is 3.48. The summed E-state index contributed by atoms with van der Waals surface area (Å²) in [5.41, 5.74) is 6.29. The quantitative estimate of drug-likeness (QED) is 0.676. The number of carboxylic acids is 1. The Labute approximate surface area is 74.2 Å². The van der Waals surface area contributed by atoms with Crippen molar-refractivity contribution in [2.24, 2.45) is 4.36 Å².